The third-order valence-electron chi connectivity index (χ3n) is 17.8. The predicted molar refractivity (Wildman–Crippen MR) is 399 cm³/mol. The Bertz CT molecular complexity index is 2070. The van der Waals surface area contributed by atoms with Crippen molar-refractivity contribution >= 4 is 35.4 Å². The van der Waals surface area contributed by atoms with Gasteiger partial charge in [0, 0.05) is 104 Å². The van der Waals surface area contributed by atoms with Crippen LogP contribution in [0, 0.1) is 43.3 Å². The number of carbonyl (C=O) groups is 6. The van der Waals surface area contributed by atoms with Crippen molar-refractivity contribution in [2.75, 3.05) is 92.1 Å². The summed E-state index contributed by atoms with van der Waals surface area (Å²) in [4.78, 5) is 77.4. The number of hydrogen-bond donors (Lipinski definition) is 7. The van der Waals surface area contributed by atoms with Crippen molar-refractivity contribution in [3.8, 4) is 0 Å². The highest BCUT2D eigenvalue weighted by molar-refractivity contribution is 5.83. The summed E-state index contributed by atoms with van der Waals surface area (Å²) in [7, 11) is 0. The molecule has 0 aromatic heterocycles. The van der Waals surface area contributed by atoms with E-state index < -0.39 is 27.7 Å². The molecule has 0 bridgehead atoms. The van der Waals surface area contributed by atoms with Gasteiger partial charge in [0.2, 0.25) is 35.4 Å². The Labute approximate surface area is 589 Å². The third kappa shape index (κ3) is 56.4. The molecule has 96 heavy (non-hydrogen) atoms. The summed E-state index contributed by atoms with van der Waals surface area (Å²) in [6.45, 7) is 43.3. The molecule has 0 spiro atoms. The van der Waals surface area contributed by atoms with Gasteiger partial charge in [0.25, 0.3) is 0 Å². The standard InChI is InChI=1S/C79H155N7O10/c1-19-21-23-25-27-29-31-33-35-37-39-41-43-45-66(87)81-51-74(7,8)60-95-62-77(13,14)54-84-69(90)49-72(3,4)57-93-59-76(11,12)53-83-68(89)48-47-65(80)71(92)86-56-79(17,18)64-94-58-73(5,6)50-70(91)85-55-78(15,16)63-96-61-75(9,10)52-82-67(88)46-44-42-40-38-36-34-32-30-28-26-24-22-20-2/h65H,19-64,80H2,1-18H3,(H,81,87)(H,82,88)(H,83,89)(H,84,90)(H,85,91)(H,86,92)/t65-/m0/s1. The van der Waals surface area contributed by atoms with Gasteiger partial charge in [-0.1, -0.05) is 279 Å². The van der Waals surface area contributed by atoms with Gasteiger partial charge in [0.05, 0.1) is 58.9 Å². The maximum Gasteiger partial charge on any atom is 0.236 e. The Morgan fingerprint density at radius 2 is 0.469 bits per heavy atom. The van der Waals surface area contributed by atoms with Crippen LogP contribution in [0.1, 0.15) is 330 Å². The molecule has 17 heteroatoms. The van der Waals surface area contributed by atoms with Crippen molar-refractivity contribution in [1.82, 2.24) is 31.9 Å². The van der Waals surface area contributed by atoms with E-state index >= 15 is 0 Å². The molecule has 0 heterocycles. The summed E-state index contributed by atoms with van der Waals surface area (Å²) in [5.74, 6) is -0.443. The van der Waals surface area contributed by atoms with Gasteiger partial charge < -0.3 is 56.6 Å². The van der Waals surface area contributed by atoms with Gasteiger partial charge >= 0.3 is 0 Å². The summed E-state index contributed by atoms with van der Waals surface area (Å²) in [5.41, 5.74) is 3.55. The first-order valence-electron chi connectivity index (χ1n) is 38.5. The highest BCUT2D eigenvalue weighted by Gasteiger charge is 2.31. The number of hydrogen-bond acceptors (Lipinski definition) is 11. The van der Waals surface area contributed by atoms with Crippen LogP contribution in [0.5, 0.6) is 0 Å². The van der Waals surface area contributed by atoms with Gasteiger partial charge in [-0.3, -0.25) is 28.8 Å². The molecule has 566 valence electrons. The molecule has 0 aromatic carbocycles. The van der Waals surface area contributed by atoms with Gasteiger partial charge in [0.1, 0.15) is 0 Å². The van der Waals surface area contributed by atoms with Crippen LogP contribution in [0.4, 0.5) is 0 Å². The van der Waals surface area contributed by atoms with E-state index in [2.05, 4.69) is 101 Å². The van der Waals surface area contributed by atoms with E-state index in [1.807, 2.05) is 55.4 Å². The first-order chi connectivity index (χ1) is 44.8. The molecule has 0 rings (SSSR count). The summed E-state index contributed by atoms with van der Waals surface area (Å²) >= 11 is 0. The number of amides is 6. The van der Waals surface area contributed by atoms with Crippen LogP contribution in [0.3, 0.4) is 0 Å². The van der Waals surface area contributed by atoms with E-state index in [1.54, 1.807) is 0 Å². The monoisotopic (exact) mass is 1360 g/mol. The highest BCUT2D eigenvalue weighted by atomic mass is 16.5. The Hall–Kier alpha value is -3.38. The first-order valence-corrected chi connectivity index (χ1v) is 38.5. The fraction of sp³-hybridized carbons (Fsp3) is 0.924. The first kappa shape index (κ1) is 92.6. The van der Waals surface area contributed by atoms with E-state index in [1.165, 1.54) is 141 Å². The number of nitrogens with one attached hydrogen (secondary N) is 6. The number of nitrogens with two attached hydrogens (primary N) is 1. The normalized spacial score (nSPS) is 13.2. The van der Waals surface area contributed by atoms with Crippen LogP contribution in [0.15, 0.2) is 0 Å². The number of unbranched alkanes of at least 4 members (excludes halogenated alkanes) is 24. The Kier molecular flexibility index (Phi) is 49.1. The largest absolute Gasteiger partial charge is 0.380 e. The van der Waals surface area contributed by atoms with Crippen molar-refractivity contribution in [3.63, 3.8) is 0 Å². The summed E-state index contributed by atoms with van der Waals surface area (Å²) in [6.07, 6.45) is 35.4. The smallest absolute Gasteiger partial charge is 0.236 e. The lowest BCUT2D eigenvalue weighted by Gasteiger charge is -2.31. The van der Waals surface area contributed by atoms with Gasteiger partial charge in [-0.15, -0.1) is 0 Å². The molecule has 1 atom stereocenters. The lowest BCUT2D eigenvalue weighted by atomic mass is 9.89. The van der Waals surface area contributed by atoms with E-state index in [-0.39, 0.29) is 82.8 Å². The van der Waals surface area contributed by atoms with Crippen molar-refractivity contribution in [2.24, 2.45) is 49.1 Å². The molecule has 0 fully saturated rings. The van der Waals surface area contributed by atoms with Crippen molar-refractivity contribution < 1.29 is 47.7 Å². The van der Waals surface area contributed by atoms with Crippen molar-refractivity contribution in [2.45, 2.75) is 336 Å². The lowest BCUT2D eigenvalue weighted by molar-refractivity contribution is -0.126. The van der Waals surface area contributed by atoms with Gasteiger partial charge in [-0.25, -0.2) is 0 Å². The number of carbonyl (C=O) groups excluding carboxylic acids is 6. The molecule has 0 aliphatic heterocycles. The zero-order chi connectivity index (χ0) is 72.6. The van der Waals surface area contributed by atoms with Crippen LogP contribution in [-0.4, -0.2) is 134 Å². The zero-order valence-corrected chi connectivity index (χ0v) is 65.8. The summed E-state index contributed by atoms with van der Waals surface area (Å²) < 4.78 is 24.6. The van der Waals surface area contributed by atoms with E-state index in [9.17, 15) is 28.8 Å². The van der Waals surface area contributed by atoms with Crippen LogP contribution in [0.25, 0.3) is 0 Å². The van der Waals surface area contributed by atoms with E-state index in [0.29, 0.717) is 105 Å². The molecule has 17 nitrogen and oxygen atoms in total. The predicted octanol–water partition coefficient (Wildman–Crippen LogP) is 15.8. The fourth-order valence-corrected chi connectivity index (χ4v) is 11.3. The quantitative estimate of drug-likeness (QED) is 0.0283. The molecule has 8 N–H and O–H groups in total. The molecule has 0 aromatic rings. The molecular formula is C79H155N7O10. The second-order valence-corrected chi connectivity index (χ2v) is 35.4. The summed E-state index contributed by atoms with van der Waals surface area (Å²) in [6, 6.07) is -0.862. The lowest BCUT2D eigenvalue weighted by Crippen LogP contribution is -2.46. The Balaban J connectivity index is 4.40. The topological polar surface area (TPSA) is 238 Å². The minimum atomic E-state index is -0.862. The summed E-state index contributed by atoms with van der Waals surface area (Å²) in [5, 5.41) is 18.3. The zero-order valence-electron chi connectivity index (χ0n) is 65.8. The molecular weight excluding hydrogens is 1210 g/mol. The Morgan fingerprint density at radius 3 is 0.719 bits per heavy atom. The van der Waals surface area contributed by atoms with Gasteiger partial charge in [0.15, 0.2) is 0 Å². The molecule has 0 saturated carbocycles. The van der Waals surface area contributed by atoms with Crippen LogP contribution >= 0.6 is 0 Å². The highest BCUT2D eigenvalue weighted by Crippen LogP contribution is 2.27. The maximum atomic E-state index is 13.1. The molecule has 0 saturated heterocycles. The SMILES string of the molecule is CCCCCCCCCCCCCCCC(=O)NCC(C)(C)COCC(C)(C)CNC(=O)CC(C)(C)COCC(C)(C)CNC(=O)CC[C@H](N)C(=O)NCC(C)(C)COCC(C)(C)CC(=O)NCC(C)(C)COCC(C)(C)CNC(=O)CCCCCCCCCCCCCCC. The third-order valence-corrected chi connectivity index (χ3v) is 17.8. The number of rotatable bonds is 64. The maximum absolute atomic E-state index is 13.1. The number of ether oxygens (including phenoxy) is 4. The van der Waals surface area contributed by atoms with E-state index in [4.69, 9.17) is 24.7 Å². The van der Waals surface area contributed by atoms with Crippen molar-refractivity contribution in [3.05, 3.63) is 0 Å². The van der Waals surface area contributed by atoms with Crippen molar-refractivity contribution in [1.29, 1.82) is 0 Å². The van der Waals surface area contributed by atoms with Gasteiger partial charge in [-0.2, -0.15) is 0 Å². The molecule has 0 aliphatic rings. The minimum absolute atomic E-state index is 0.0570. The Morgan fingerprint density at radius 1 is 0.271 bits per heavy atom. The van der Waals surface area contributed by atoms with Crippen LogP contribution in [0.2, 0.25) is 0 Å². The molecule has 0 aliphatic carbocycles. The molecule has 0 radical (unpaired) electrons. The minimum Gasteiger partial charge on any atom is -0.380 e. The molecule has 6 amide bonds. The van der Waals surface area contributed by atoms with Crippen LogP contribution < -0.4 is 37.6 Å². The fourth-order valence-electron chi connectivity index (χ4n) is 11.3. The average Bonchev–Trinajstić information content (AvgIpc) is 1.06. The van der Waals surface area contributed by atoms with E-state index in [0.717, 1.165) is 25.7 Å². The second-order valence-electron chi connectivity index (χ2n) is 35.4. The average molecular weight is 1360 g/mol. The van der Waals surface area contributed by atoms with Crippen LogP contribution in [-0.2, 0) is 47.7 Å². The molecule has 0 unspecified atom stereocenters. The van der Waals surface area contributed by atoms with Gasteiger partial charge in [-0.05, 0) is 30.1 Å². The second kappa shape index (κ2) is 50.9.